The van der Waals surface area contributed by atoms with Gasteiger partial charge in [-0.15, -0.1) is 0 Å². The van der Waals surface area contributed by atoms with E-state index in [9.17, 15) is 4.39 Å². The second-order valence-corrected chi connectivity index (χ2v) is 7.17. The lowest BCUT2D eigenvalue weighted by molar-refractivity contribution is 0.00578. The zero-order valence-electron chi connectivity index (χ0n) is 15.3. The molecule has 0 N–H and O–H groups in total. The van der Waals surface area contributed by atoms with Crippen LogP contribution in [0.2, 0.25) is 0 Å². The largest absolute Gasteiger partial charge is 0.500 e. The van der Waals surface area contributed by atoms with Gasteiger partial charge < -0.3 is 14.0 Å². The standard InChI is InChI=1S/C17H21BFN3O3/c1-10-7-11(2)22-14(23-15-20-8-12(19)9-21-15)13(10)18-24-16(3,4)17(5,6)25-18/h7-9H,1-6H3. The van der Waals surface area contributed by atoms with Crippen LogP contribution in [-0.2, 0) is 9.31 Å². The normalized spacial score (nSPS) is 18.4. The zero-order valence-corrected chi connectivity index (χ0v) is 15.3. The van der Waals surface area contributed by atoms with Gasteiger partial charge in [0.25, 0.3) is 0 Å². The number of aromatic nitrogens is 3. The van der Waals surface area contributed by atoms with Crippen molar-refractivity contribution < 1.29 is 18.4 Å². The number of aryl methyl sites for hydroxylation is 2. The molecule has 8 heteroatoms. The van der Waals surface area contributed by atoms with Gasteiger partial charge in [-0.1, -0.05) is 0 Å². The van der Waals surface area contributed by atoms with Gasteiger partial charge in [-0.3, -0.25) is 0 Å². The molecule has 2 aromatic rings. The highest BCUT2D eigenvalue weighted by Gasteiger charge is 2.53. The molecule has 3 heterocycles. The predicted octanol–water partition coefficient (Wildman–Crippen LogP) is 2.72. The van der Waals surface area contributed by atoms with Crippen LogP contribution in [0.5, 0.6) is 11.9 Å². The Morgan fingerprint density at radius 2 is 1.60 bits per heavy atom. The molecule has 0 spiro atoms. The van der Waals surface area contributed by atoms with Crippen molar-refractivity contribution in [2.45, 2.75) is 52.7 Å². The Bertz CT molecular complexity index is 780. The predicted molar refractivity (Wildman–Crippen MR) is 91.5 cm³/mol. The molecule has 1 fully saturated rings. The lowest BCUT2D eigenvalue weighted by Crippen LogP contribution is -2.41. The third-order valence-corrected chi connectivity index (χ3v) is 4.63. The van der Waals surface area contributed by atoms with Crippen molar-refractivity contribution in [2.24, 2.45) is 0 Å². The fourth-order valence-corrected chi connectivity index (χ4v) is 2.58. The summed E-state index contributed by atoms with van der Waals surface area (Å²) in [6.45, 7) is 11.7. The molecule has 3 rings (SSSR count). The van der Waals surface area contributed by atoms with Gasteiger partial charge in [0.1, 0.15) is 0 Å². The number of ether oxygens (including phenoxy) is 1. The van der Waals surface area contributed by atoms with Gasteiger partial charge in [0.2, 0.25) is 5.88 Å². The van der Waals surface area contributed by atoms with E-state index in [1.54, 1.807) is 0 Å². The third kappa shape index (κ3) is 3.36. The summed E-state index contributed by atoms with van der Waals surface area (Å²) in [6, 6.07) is 1.94. The number of hydrogen-bond donors (Lipinski definition) is 0. The van der Waals surface area contributed by atoms with Gasteiger partial charge in [0.05, 0.1) is 23.6 Å². The Balaban J connectivity index is 2.01. The number of halogens is 1. The quantitative estimate of drug-likeness (QED) is 0.797. The lowest BCUT2D eigenvalue weighted by atomic mass is 9.76. The molecule has 1 saturated heterocycles. The molecule has 0 atom stereocenters. The van der Waals surface area contributed by atoms with Crippen molar-refractivity contribution >= 4 is 12.6 Å². The minimum atomic E-state index is -0.631. The summed E-state index contributed by atoms with van der Waals surface area (Å²) in [7, 11) is -0.631. The van der Waals surface area contributed by atoms with E-state index >= 15 is 0 Å². The maximum atomic E-state index is 13.0. The van der Waals surface area contributed by atoms with E-state index in [0.717, 1.165) is 23.7 Å². The van der Waals surface area contributed by atoms with Crippen molar-refractivity contribution in [3.8, 4) is 11.9 Å². The van der Waals surface area contributed by atoms with Crippen molar-refractivity contribution in [3.63, 3.8) is 0 Å². The first-order chi connectivity index (χ1) is 11.6. The van der Waals surface area contributed by atoms with Crippen LogP contribution in [-0.4, -0.2) is 33.3 Å². The van der Waals surface area contributed by atoms with Gasteiger partial charge in [-0.05, 0) is 53.2 Å². The Morgan fingerprint density at radius 3 is 2.16 bits per heavy atom. The smallest absolute Gasteiger partial charge is 0.406 e. The van der Waals surface area contributed by atoms with E-state index in [-0.39, 0.29) is 6.01 Å². The van der Waals surface area contributed by atoms with Crippen molar-refractivity contribution in [1.82, 2.24) is 15.0 Å². The first-order valence-electron chi connectivity index (χ1n) is 8.08. The molecular formula is C17H21BFN3O3. The van der Waals surface area contributed by atoms with Crippen LogP contribution in [0.3, 0.4) is 0 Å². The molecule has 0 amide bonds. The molecule has 0 radical (unpaired) electrons. The maximum absolute atomic E-state index is 13.0. The molecule has 25 heavy (non-hydrogen) atoms. The molecule has 132 valence electrons. The van der Waals surface area contributed by atoms with E-state index in [1.807, 2.05) is 47.6 Å². The first-order valence-corrected chi connectivity index (χ1v) is 8.08. The molecule has 0 aliphatic carbocycles. The Morgan fingerprint density at radius 1 is 1.04 bits per heavy atom. The van der Waals surface area contributed by atoms with Gasteiger partial charge in [-0.2, -0.15) is 0 Å². The van der Waals surface area contributed by atoms with Gasteiger partial charge in [-0.25, -0.2) is 19.3 Å². The summed E-state index contributed by atoms with van der Waals surface area (Å²) >= 11 is 0. The summed E-state index contributed by atoms with van der Waals surface area (Å²) < 4.78 is 31.0. The molecule has 0 unspecified atom stereocenters. The molecular weight excluding hydrogens is 324 g/mol. The van der Waals surface area contributed by atoms with E-state index in [2.05, 4.69) is 15.0 Å². The molecule has 0 bridgehead atoms. The third-order valence-electron chi connectivity index (χ3n) is 4.63. The van der Waals surface area contributed by atoms with E-state index in [0.29, 0.717) is 11.3 Å². The molecule has 1 aliphatic heterocycles. The Labute approximate surface area is 146 Å². The number of hydrogen-bond acceptors (Lipinski definition) is 6. The zero-order chi connectivity index (χ0) is 18.4. The number of rotatable bonds is 3. The van der Waals surface area contributed by atoms with Gasteiger partial charge in [0, 0.05) is 11.2 Å². The topological polar surface area (TPSA) is 66.4 Å². The summed E-state index contributed by atoms with van der Waals surface area (Å²) in [4.78, 5) is 12.1. The highest BCUT2D eigenvalue weighted by molar-refractivity contribution is 6.63. The highest BCUT2D eigenvalue weighted by atomic mass is 19.1. The van der Waals surface area contributed by atoms with Crippen LogP contribution in [0.25, 0.3) is 0 Å². The summed E-state index contributed by atoms with van der Waals surface area (Å²) in [6.07, 6.45) is 2.08. The van der Waals surface area contributed by atoms with Crippen molar-refractivity contribution in [1.29, 1.82) is 0 Å². The van der Waals surface area contributed by atoms with Crippen molar-refractivity contribution in [3.05, 3.63) is 35.5 Å². The average molecular weight is 345 g/mol. The second-order valence-electron chi connectivity index (χ2n) is 7.17. The Hall–Kier alpha value is -2.06. The SMILES string of the molecule is Cc1cc(C)c(B2OC(C)(C)C(C)(C)O2)c(Oc2ncc(F)cn2)n1. The van der Waals surface area contributed by atoms with Crippen LogP contribution in [0.15, 0.2) is 18.5 Å². The van der Waals surface area contributed by atoms with Gasteiger partial charge >= 0.3 is 13.1 Å². The molecule has 6 nitrogen and oxygen atoms in total. The Kier molecular flexibility index (Phi) is 4.29. The van der Waals surface area contributed by atoms with E-state index in [4.69, 9.17) is 14.0 Å². The van der Waals surface area contributed by atoms with Crippen LogP contribution >= 0.6 is 0 Å². The molecule has 2 aromatic heterocycles. The van der Waals surface area contributed by atoms with E-state index in [1.165, 1.54) is 0 Å². The van der Waals surface area contributed by atoms with Crippen LogP contribution in [0, 0.1) is 19.7 Å². The second kappa shape index (κ2) is 6.03. The fourth-order valence-electron chi connectivity index (χ4n) is 2.58. The summed E-state index contributed by atoms with van der Waals surface area (Å²) in [5, 5.41) is 0. The number of pyridine rings is 1. The van der Waals surface area contributed by atoms with Gasteiger partial charge in [0.15, 0.2) is 5.82 Å². The lowest BCUT2D eigenvalue weighted by Gasteiger charge is -2.32. The van der Waals surface area contributed by atoms with E-state index < -0.39 is 24.1 Å². The highest BCUT2D eigenvalue weighted by Crippen LogP contribution is 2.37. The summed E-state index contributed by atoms with van der Waals surface area (Å²) in [5.41, 5.74) is 1.40. The minimum Gasteiger partial charge on any atom is -0.406 e. The monoisotopic (exact) mass is 345 g/mol. The van der Waals surface area contributed by atoms with Crippen LogP contribution in [0.4, 0.5) is 4.39 Å². The maximum Gasteiger partial charge on any atom is 0.500 e. The first kappa shape index (κ1) is 17.8. The fraction of sp³-hybridized carbons (Fsp3) is 0.471. The van der Waals surface area contributed by atoms with Crippen LogP contribution < -0.4 is 10.2 Å². The van der Waals surface area contributed by atoms with Crippen LogP contribution in [0.1, 0.15) is 39.0 Å². The van der Waals surface area contributed by atoms with Crippen molar-refractivity contribution in [2.75, 3.05) is 0 Å². The molecule has 1 aliphatic rings. The molecule has 0 saturated carbocycles. The average Bonchev–Trinajstić information content (AvgIpc) is 2.68. The minimum absolute atomic E-state index is 0.0108. The molecule has 0 aromatic carbocycles. The summed E-state index contributed by atoms with van der Waals surface area (Å²) in [5.74, 6) is -0.241. The number of nitrogens with zero attached hydrogens (tertiary/aromatic N) is 3.